The van der Waals surface area contributed by atoms with Crippen LogP contribution in [0.3, 0.4) is 0 Å². The zero-order valence-corrected chi connectivity index (χ0v) is 17.6. The number of aryl methyl sites for hydroxylation is 1. The number of nitrogens with zero attached hydrogens (tertiary/aromatic N) is 2. The Bertz CT molecular complexity index is 874. The molecule has 1 aromatic carbocycles. The highest BCUT2D eigenvalue weighted by molar-refractivity contribution is 9.10. The lowest BCUT2D eigenvalue weighted by molar-refractivity contribution is -0.147. The molecule has 2 aromatic rings. The van der Waals surface area contributed by atoms with Crippen molar-refractivity contribution in [2.24, 2.45) is 0 Å². The summed E-state index contributed by atoms with van der Waals surface area (Å²) in [5, 5.41) is 14.3. The second-order valence-electron chi connectivity index (χ2n) is 5.42. The average molecular weight is 476 g/mol. The number of anilines is 2. The molecule has 0 aliphatic carbocycles. The van der Waals surface area contributed by atoms with Crippen LogP contribution in [0.4, 0.5) is 10.8 Å². The first kappa shape index (κ1) is 21.3. The lowest BCUT2D eigenvalue weighted by Crippen LogP contribution is -2.22. The van der Waals surface area contributed by atoms with E-state index >= 15 is 0 Å². The monoisotopic (exact) mass is 474 g/mol. The Hall–Kier alpha value is -2.04. The Morgan fingerprint density at radius 1 is 1.15 bits per heavy atom. The van der Waals surface area contributed by atoms with E-state index in [1.807, 2.05) is 0 Å². The van der Waals surface area contributed by atoms with Gasteiger partial charge in [0.15, 0.2) is 6.61 Å². The van der Waals surface area contributed by atoms with Crippen LogP contribution >= 0.6 is 38.9 Å². The maximum Gasteiger partial charge on any atom is 0.306 e. The molecule has 0 aliphatic heterocycles. The molecule has 1 aromatic heterocycles. The summed E-state index contributed by atoms with van der Waals surface area (Å²) < 4.78 is 5.59. The molecule has 2 N–H and O–H groups in total. The van der Waals surface area contributed by atoms with Gasteiger partial charge < -0.3 is 15.4 Å². The molecule has 0 saturated carbocycles. The first-order chi connectivity index (χ1) is 12.8. The van der Waals surface area contributed by atoms with E-state index in [-0.39, 0.29) is 18.7 Å². The number of carbonyl (C=O) groups is 3. The topological polar surface area (TPSA) is 110 Å². The minimum absolute atomic E-state index is 0.0828. The van der Waals surface area contributed by atoms with Crippen LogP contribution in [0.2, 0.25) is 5.02 Å². The van der Waals surface area contributed by atoms with Crippen LogP contribution in [0.1, 0.15) is 23.4 Å². The van der Waals surface area contributed by atoms with E-state index in [1.165, 1.54) is 11.3 Å². The van der Waals surface area contributed by atoms with Gasteiger partial charge in [-0.15, -0.1) is 10.2 Å². The van der Waals surface area contributed by atoms with E-state index in [4.69, 9.17) is 16.3 Å². The molecule has 0 unspecified atom stereocenters. The average Bonchev–Trinajstić information content (AvgIpc) is 3.03. The first-order valence-corrected chi connectivity index (χ1v) is 9.75. The number of hydrogen-bond donors (Lipinski definition) is 2. The number of esters is 1. The van der Waals surface area contributed by atoms with Crippen LogP contribution in [0, 0.1) is 13.8 Å². The van der Waals surface area contributed by atoms with Crippen molar-refractivity contribution in [3.8, 4) is 0 Å². The Labute approximate surface area is 172 Å². The zero-order valence-electron chi connectivity index (χ0n) is 14.5. The molecule has 0 bridgehead atoms. The highest BCUT2D eigenvalue weighted by Gasteiger charge is 2.13. The standard InChI is InChI=1S/C16H16BrClN4O4S/c1-8-11(4-3-10(17)15(8)18)19-13(24)7-26-14(25)6-5-12(23)20-16-22-21-9(2)27-16/h3-4H,5-7H2,1-2H3,(H,19,24)(H,20,22,23). The number of amides is 2. The van der Waals surface area contributed by atoms with Crippen LogP contribution in [0.25, 0.3) is 0 Å². The third-order valence-electron chi connectivity index (χ3n) is 3.31. The summed E-state index contributed by atoms with van der Waals surface area (Å²) in [5.74, 6) is -1.54. The SMILES string of the molecule is Cc1nnc(NC(=O)CCC(=O)OCC(=O)Nc2ccc(Br)c(Cl)c2C)s1. The highest BCUT2D eigenvalue weighted by atomic mass is 79.9. The zero-order chi connectivity index (χ0) is 20.0. The summed E-state index contributed by atoms with van der Waals surface area (Å²) in [7, 11) is 0. The van der Waals surface area contributed by atoms with Crippen molar-refractivity contribution in [3.63, 3.8) is 0 Å². The minimum Gasteiger partial charge on any atom is -0.456 e. The van der Waals surface area contributed by atoms with Gasteiger partial charge >= 0.3 is 5.97 Å². The summed E-state index contributed by atoms with van der Waals surface area (Å²) in [6.45, 7) is 3.06. The van der Waals surface area contributed by atoms with Crippen molar-refractivity contribution in [3.05, 3.63) is 32.2 Å². The molecule has 2 amide bonds. The van der Waals surface area contributed by atoms with Gasteiger partial charge in [0.2, 0.25) is 11.0 Å². The number of ether oxygens (including phenoxy) is 1. The predicted molar refractivity (Wildman–Crippen MR) is 106 cm³/mol. The van der Waals surface area contributed by atoms with Gasteiger partial charge in [-0.25, -0.2) is 0 Å². The summed E-state index contributed by atoms with van der Waals surface area (Å²) in [6, 6.07) is 3.39. The van der Waals surface area contributed by atoms with E-state index < -0.39 is 18.5 Å². The summed E-state index contributed by atoms with van der Waals surface area (Å²) in [4.78, 5) is 35.3. The van der Waals surface area contributed by atoms with E-state index in [9.17, 15) is 14.4 Å². The third-order valence-corrected chi connectivity index (χ3v) is 5.44. The number of halogens is 2. The number of hydrogen-bond acceptors (Lipinski definition) is 7. The molecule has 2 rings (SSSR count). The van der Waals surface area contributed by atoms with Gasteiger partial charge in [0.05, 0.1) is 11.4 Å². The molecule has 144 valence electrons. The number of rotatable bonds is 7. The lowest BCUT2D eigenvalue weighted by Gasteiger charge is -2.11. The fraction of sp³-hybridized carbons (Fsp3) is 0.312. The third kappa shape index (κ3) is 6.56. The maximum atomic E-state index is 11.9. The second-order valence-corrected chi connectivity index (χ2v) is 7.83. The van der Waals surface area contributed by atoms with Crippen molar-refractivity contribution in [2.75, 3.05) is 17.2 Å². The molecule has 0 atom stereocenters. The lowest BCUT2D eigenvalue weighted by atomic mass is 10.2. The molecule has 11 heteroatoms. The molecule has 1 heterocycles. The Morgan fingerprint density at radius 2 is 1.89 bits per heavy atom. The smallest absolute Gasteiger partial charge is 0.306 e. The highest BCUT2D eigenvalue weighted by Crippen LogP contribution is 2.30. The Kier molecular flexibility index (Phi) is 7.69. The van der Waals surface area contributed by atoms with E-state index in [0.717, 1.165) is 5.01 Å². The van der Waals surface area contributed by atoms with Crippen LogP contribution in [-0.4, -0.2) is 34.6 Å². The van der Waals surface area contributed by atoms with Crippen molar-refractivity contribution in [1.29, 1.82) is 0 Å². The molecule has 0 saturated heterocycles. The number of nitrogens with one attached hydrogen (secondary N) is 2. The van der Waals surface area contributed by atoms with Crippen molar-refractivity contribution < 1.29 is 19.1 Å². The molecule has 0 spiro atoms. The van der Waals surface area contributed by atoms with Gasteiger partial charge in [-0.1, -0.05) is 22.9 Å². The largest absolute Gasteiger partial charge is 0.456 e. The minimum atomic E-state index is -0.653. The summed E-state index contributed by atoms with van der Waals surface area (Å²) >= 11 is 10.6. The van der Waals surface area contributed by atoms with Crippen molar-refractivity contribution in [1.82, 2.24) is 10.2 Å². The Morgan fingerprint density at radius 3 is 2.56 bits per heavy atom. The molecule has 27 heavy (non-hydrogen) atoms. The van der Waals surface area contributed by atoms with Crippen molar-refractivity contribution >= 4 is 67.5 Å². The molecular formula is C16H16BrClN4O4S. The van der Waals surface area contributed by atoms with Crippen LogP contribution < -0.4 is 10.6 Å². The van der Waals surface area contributed by atoms with E-state index in [0.29, 0.717) is 25.9 Å². The fourth-order valence-electron chi connectivity index (χ4n) is 1.94. The van der Waals surface area contributed by atoms with Gasteiger partial charge in [-0.2, -0.15) is 0 Å². The van der Waals surface area contributed by atoms with Crippen molar-refractivity contribution in [2.45, 2.75) is 26.7 Å². The van der Waals surface area contributed by atoms with E-state index in [1.54, 1.807) is 26.0 Å². The van der Waals surface area contributed by atoms with Gasteiger partial charge in [0, 0.05) is 16.6 Å². The molecule has 8 nitrogen and oxygen atoms in total. The van der Waals surface area contributed by atoms with Gasteiger partial charge in [-0.05, 0) is 47.5 Å². The molecule has 0 fully saturated rings. The number of aromatic nitrogens is 2. The van der Waals surface area contributed by atoms with Gasteiger partial charge in [0.25, 0.3) is 5.91 Å². The molecule has 0 aliphatic rings. The molecular weight excluding hydrogens is 460 g/mol. The van der Waals surface area contributed by atoms with Crippen LogP contribution in [-0.2, 0) is 19.1 Å². The maximum absolute atomic E-state index is 11.9. The predicted octanol–water partition coefficient (Wildman–Crippen LogP) is 3.47. The second kappa shape index (κ2) is 9.77. The quantitative estimate of drug-likeness (QED) is 0.593. The first-order valence-electron chi connectivity index (χ1n) is 7.76. The summed E-state index contributed by atoms with van der Waals surface area (Å²) in [5.41, 5.74) is 1.21. The Balaban J connectivity index is 1.72. The fourth-order valence-corrected chi connectivity index (χ4v) is 3.14. The number of benzene rings is 1. The van der Waals surface area contributed by atoms with Crippen LogP contribution in [0.5, 0.6) is 0 Å². The molecule has 0 radical (unpaired) electrons. The normalized spacial score (nSPS) is 10.4. The number of carbonyl (C=O) groups excluding carboxylic acids is 3. The van der Waals surface area contributed by atoms with E-state index in [2.05, 4.69) is 36.8 Å². The summed E-state index contributed by atoms with van der Waals surface area (Å²) in [6.07, 6.45) is -0.236. The van der Waals surface area contributed by atoms with Gasteiger partial charge in [-0.3, -0.25) is 14.4 Å². The van der Waals surface area contributed by atoms with Gasteiger partial charge in [0.1, 0.15) is 5.01 Å². The van der Waals surface area contributed by atoms with Crippen LogP contribution in [0.15, 0.2) is 16.6 Å².